The summed E-state index contributed by atoms with van der Waals surface area (Å²) in [5.74, 6) is 1.48. The zero-order valence-corrected chi connectivity index (χ0v) is 9.95. The fourth-order valence-corrected chi connectivity index (χ4v) is 1.92. The normalized spacial score (nSPS) is 14.9. The number of hydrogen-bond donors (Lipinski definition) is 0. The van der Waals surface area contributed by atoms with E-state index in [-0.39, 0.29) is 0 Å². The monoisotopic (exact) mass is 218 g/mol. The molecule has 0 aliphatic heterocycles. The molecular weight excluding hydrogens is 200 g/mol. The lowest BCUT2D eigenvalue weighted by Gasteiger charge is -2.09. The third-order valence-corrected chi connectivity index (χ3v) is 2.98. The van der Waals surface area contributed by atoms with Crippen LogP contribution in [0.25, 0.3) is 0 Å². The third kappa shape index (κ3) is 2.26. The van der Waals surface area contributed by atoms with E-state index in [1.54, 1.807) is 0 Å². The second kappa shape index (κ2) is 4.69. The summed E-state index contributed by atoms with van der Waals surface area (Å²) in [6, 6.07) is 5.82. The number of carbonyl (C=O) groups is 1. The van der Waals surface area contributed by atoms with E-state index in [9.17, 15) is 4.79 Å². The van der Waals surface area contributed by atoms with Gasteiger partial charge in [0.05, 0.1) is 6.61 Å². The predicted octanol–water partition coefficient (Wildman–Crippen LogP) is 3.24. The van der Waals surface area contributed by atoms with Crippen molar-refractivity contribution in [1.29, 1.82) is 0 Å². The largest absolute Gasteiger partial charge is 0.494 e. The summed E-state index contributed by atoms with van der Waals surface area (Å²) < 4.78 is 5.45. The first-order valence-corrected chi connectivity index (χ1v) is 6.06. The van der Waals surface area contributed by atoms with Gasteiger partial charge in [0.1, 0.15) is 5.75 Å². The number of hydrogen-bond acceptors (Lipinski definition) is 2. The number of benzene rings is 1. The van der Waals surface area contributed by atoms with Crippen LogP contribution in [0.2, 0.25) is 0 Å². The van der Waals surface area contributed by atoms with Crippen molar-refractivity contribution in [3.8, 4) is 5.75 Å². The summed E-state index contributed by atoms with van der Waals surface area (Å²) >= 11 is 0. The van der Waals surface area contributed by atoms with Crippen LogP contribution in [0.5, 0.6) is 5.75 Å². The smallest absolute Gasteiger partial charge is 0.166 e. The zero-order valence-electron chi connectivity index (χ0n) is 9.95. The number of aryl methyl sites for hydroxylation is 1. The van der Waals surface area contributed by atoms with E-state index in [0.29, 0.717) is 18.3 Å². The standard InChI is InChI=1S/C14H18O2/c1-3-10-9-12(16-4-2)7-8-13(10)14(15)11-5-6-11/h7-9,11H,3-6H2,1-2H3. The van der Waals surface area contributed by atoms with Crippen LogP contribution in [0, 0.1) is 5.92 Å². The van der Waals surface area contributed by atoms with Crippen LogP contribution in [0.4, 0.5) is 0 Å². The van der Waals surface area contributed by atoms with Gasteiger partial charge in [-0.05, 0) is 49.9 Å². The summed E-state index contributed by atoms with van der Waals surface area (Å²) in [5, 5.41) is 0. The molecular formula is C14H18O2. The lowest BCUT2D eigenvalue weighted by atomic mass is 9.99. The highest BCUT2D eigenvalue weighted by molar-refractivity contribution is 6.00. The summed E-state index contributed by atoms with van der Waals surface area (Å²) in [4.78, 5) is 12.0. The Hall–Kier alpha value is -1.31. The van der Waals surface area contributed by atoms with Gasteiger partial charge in [0.15, 0.2) is 5.78 Å². The molecule has 1 aliphatic rings. The Morgan fingerprint density at radius 1 is 1.38 bits per heavy atom. The Labute approximate surface area is 96.6 Å². The third-order valence-electron chi connectivity index (χ3n) is 2.98. The van der Waals surface area contributed by atoms with Crippen molar-refractivity contribution in [2.75, 3.05) is 6.61 Å². The Bertz CT molecular complexity index is 392. The molecule has 0 aromatic heterocycles. The molecule has 0 bridgehead atoms. The van der Waals surface area contributed by atoms with Crippen molar-refractivity contribution < 1.29 is 9.53 Å². The van der Waals surface area contributed by atoms with Crippen LogP contribution in [0.15, 0.2) is 18.2 Å². The van der Waals surface area contributed by atoms with Crippen molar-refractivity contribution in [3.63, 3.8) is 0 Å². The minimum atomic E-state index is 0.295. The molecule has 0 N–H and O–H groups in total. The lowest BCUT2D eigenvalue weighted by Crippen LogP contribution is -2.06. The van der Waals surface area contributed by atoms with Crippen LogP contribution in [0.1, 0.15) is 42.6 Å². The molecule has 1 saturated carbocycles. The van der Waals surface area contributed by atoms with Crippen LogP contribution in [-0.4, -0.2) is 12.4 Å². The zero-order chi connectivity index (χ0) is 11.5. The summed E-state index contributed by atoms with van der Waals surface area (Å²) in [5.41, 5.74) is 2.01. The van der Waals surface area contributed by atoms with Gasteiger partial charge < -0.3 is 4.74 Å². The van der Waals surface area contributed by atoms with E-state index >= 15 is 0 Å². The molecule has 1 aliphatic carbocycles. The van der Waals surface area contributed by atoms with E-state index < -0.39 is 0 Å². The fourth-order valence-electron chi connectivity index (χ4n) is 1.92. The highest BCUT2D eigenvalue weighted by Crippen LogP contribution is 2.34. The molecule has 0 unspecified atom stereocenters. The molecule has 1 aromatic rings. The molecule has 1 fully saturated rings. The number of ketones is 1. The average Bonchev–Trinajstić information content (AvgIpc) is 3.12. The second-order valence-electron chi connectivity index (χ2n) is 4.24. The molecule has 2 rings (SSSR count). The van der Waals surface area contributed by atoms with Gasteiger partial charge in [0.2, 0.25) is 0 Å². The van der Waals surface area contributed by atoms with Crippen LogP contribution >= 0.6 is 0 Å². The molecule has 2 heteroatoms. The van der Waals surface area contributed by atoms with Gasteiger partial charge in [-0.2, -0.15) is 0 Å². The predicted molar refractivity (Wildman–Crippen MR) is 64.0 cm³/mol. The Morgan fingerprint density at radius 2 is 2.12 bits per heavy atom. The molecule has 0 spiro atoms. The first-order valence-electron chi connectivity index (χ1n) is 6.06. The topological polar surface area (TPSA) is 26.3 Å². The van der Waals surface area contributed by atoms with E-state index in [1.165, 1.54) is 0 Å². The molecule has 0 atom stereocenters. The van der Waals surface area contributed by atoms with Gasteiger partial charge in [-0.25, -0.2) is 0 Å². The van der Waals surface area contributed by atoms with Crippen molar-refractivity contribution >= 4 is 5.78 Å². The van der Waals surface area contributed by atoms with E-state index in [2.05, 4.69) is 6.92 Å². The summed E-state index contributed by atoms with van der Waals surface area (Å²) in [7, 11) is 0. The van der Waals surface area contributed by atoms with Gasteiger partial charge in [-0.3, -0.25) is 4.79 Å². The van der Waals surface area contributed by atoms with Gasteiger partial charge in [-0.1, -0.05) is 6.92 Å². The number of Topliss-reactive ketones (excluding diaryl/α,β-unsaturated/α-hetero) is 1. The molecule has 0 saturated heterocycles. The summed E-state index contributed by atoms with van der Waals surface area (Å²) in [6.45, 7) is 4.71. The first kappa shape index (κ1) is 11.2. The van der Waals surface area contributed by atoms with Crippen molar-refractivity contribution in [2.45, 2.75) is 33.1 Å². The average molecular weight is 218 g/mol. The van der Waals surface area contributed by atoms with Crippen molar-refractivity contribution in [1.82, 2.24) is 0 Å². The second-order valence-corrected chi connectivity index (χ2v) is 4.24. The molecule has 1 aromatic carbocycles. The maximum absolute atomic E-state index is 12.0. The van der Waals surface area contributed by atoms with E-state index in [1.807, 2.05) is 25.1 Å². The quantitative estimate of drug-likeness (QED) is 0.709. The maximum atomic E-state index is 12.0. The minimum Gasteiger partial charge on any atom is -0.494 e. The van der Waals surface area contributed by atoms with Gasteiger partial charge in [-0.15, -0.1) is 0 Å². The van der Waals surface area contributed by atoms with Crippen molar-refractivity contribution in [3.05, 3.63) is 29.3 Å². The molecule has 0 heterocycles. The lowest BCUT2D eigenvalue weighted by molar-refractivity contribution is 0.0966. The van der Waals surface area contributed by atoms with Gasteiger partial charge in [0.25, 0.3) is 0 Å². The SMILES string of the molecule is CCOc1ccc(C(=O)C2CC2)c(CC)c1. The number of ether oxygens (including phenoxy) is 1. The Balaban J connectivity index is 2.26. The van der Waals surface area contributed by atoms with Crippen LogP contribution < -0.4 is 4.74 Å². The van der Waals surface area contributed by atoms with Crippen LogP contribution in [0.3, 0.4) is 0 Å². The van der Waals surface area contributed by atoms with Crippen molar-refractivity contribution in [2.24, 2.45) is 5.92 Å². The van der Waals surface area contributed by atoms with E-state index in [4.69, 9.17) is 4.74 Å². The molecule has 0 amide bonds. The van der Waals surface area contributed by atoms with E-state index in [0.717, 1.165) is 36.1 Å². The molecule has 0 radical (unpaired) electrons. The molecule has 86 valence electrons. The fraction of sp³-hybridized carbons (Fsp3) is 0.500. The summed E-state index contributed by atoms with van der Waals surface area (Å²) in [6.07, 6.45) is 3.01. The Kier molecular flexibility index (Phi) is 3.28. The highest BCUT2D eigenvalue weighted by atomic mass is 16.5. The van der Waals surface area contributed by atoms with Gasteiger partial charge >= 0.3 is 0 Å². The number of rotatable bonds is 5. The van der Waals surface area contributed by atoms with Gasteiger partial charge in [0, 0.05) is 11.5 Å². The number of carbonyl (C=O) groups excluding carboxylic acids is 1. The highest BCUT2D eigenvalue weighted by Gasteiger charge is 2.31. The molecule has 2 nitrogen and oxygen atoms in total. The molecule has 16 heavy (non-hydrogen) atoms. The Morgan fingerprint density at radius 3 is 2.69 bits per heavy atom. The van der Waals surface area contributed by atoms with Crippen LogP contribution in [-0.2, 0) is 6.42 Å². The minimum absolute atomic E-state index is 0.295. The first-order chi connectivity index (χ1) is 7.76. The maximum Gasteiger partial charge on any atom is 0.166 e.